The van der Waals surface area contributed by atoms with Gasteiger partial charge in [-0.05, 0) is 38.4 Å². The molecule has 16 nitrogen and oxygen atoms in total. The van der Waals surface area contributed by atoms with E-state index in [0.29, 0.717) is 52.0 Å². The molecule has 0 aromatic heterocycles. The van der Waals surface area contributed by atoms with Gasteiger partial charge in [0, 0.05) is 32.5 Å². The van der Waals surface area contributed by atoms with Gasteiger partial charge in [-0.15, -0.1) is 0 Å². The Balaban J connectivity index is 3.45. The Morgan fingerprint density at radius 3 is 1.33 bits per heavy atom. The zero-order valence-electron chi connectivity index (χ0n) is 34.5. The molecule has 0 aliphatic carbocycles. The minimum absolute atomic E-state index is 0.0341. The SMILES string of the molecule is [B]CC(=O)NCCCC[C@H](NC(=O)COCCOCCNC(=O)COCCOCCNC(=O)CCCCCCCCCCCCCCCCCCC(=O)O)C(=O)O. The first-order valence-electron chi connectivity index (χ1n) is 21.2. The van der Waals surface area contributed by atoms with Crippen molar-refractivity contribution < 1.29 is 57.9 Å². The maximum absolute atomic E-state index is 12.0. The van der Waals surface area contributed by atoms with Crippen LogP contribution in [-0.2, 0) is 47.7 Å². The molecule has 0 unspecified atom stereocenters. The van der Waals surface area contributed by atoms with Crippen molar-refractivity contribution >= 4 is 43.4 Å². The minimum atomic E-state index is -1.15. The van der Waals surface area contributed by atoms with Crippen LogP contribution in [0.2, 0.25) is 6.32 Å². The molecule has 0 saturated carbocycles. The van der Waals surface area contributed by atoms with E-state index in [-0.39, 0.29) is 76.6 Å². The fourth-order valence-electron chi connectivity index (χ4n) is 5.74. The van der Waals surface area contributed by atoms with Crippen LogP contribution in [0.4, 0.5) is 0 Å². The lowest BCUT2D eigenvalue weighted by Gasteiger charge is -2.14. The average molecular weight is 813 g/mol. The van der Waals surface area contributed by atoms with Crippen molar-refractivity contribution in [1.82, 2.24) is 21.3 Å². The number of nitrogens with one attached hydrogen (secondary N) is 4. The van der Waals surface area contributed by atoms with Crippen LogP contribution in [0.15, 0.2) is 0 Å². The normalized spacial score (nSPS) is 11.5. The van der Waals surface area contributed by atoms with Crippen LogP contribution in [0.3, 0.4) is 0 Å². The topological polar surface area (TPSA) is 228 Å². The molecule has 0 aromatic rings. The molecule has 4 amide bonds. The predicted molar refractivity (Wildman–Crippen MR) is 217 cm³/mol. The van der Waals surface area contributed by atoms with Crippen LogP contribution < -0.4 is 21.3 Å². The Morgan fingerprint density at radius 2 is 0.860 bits per heavy atom. The zero-order valence-corrected chi connectivity index (χ0v) is 34.5. The van der Waals surface area contributed by atoms with Crippen molar-refractivity contribution in [2.24, 2.45) is 0 Å². The molecule has 6 N–H and O–H groups in total. The Morgan fingerprint density at radius 1 is 0.439 bits per heavy atom. The number of unbranched alkanes of at least 4 members (excludes halogenated alkanes) is 16. The summed E-state index contributed by atoms with van der Waals surface area (Å²) in [7, 11) is 5.20. The highest BCUT2D eigenvalue weighted by Gasteiger charge is 2.19. The van der Waals surface area contributed by atoms with Crippen LogP contribution in [0.5, 0.6) is 0 Å². The maximum Gasteiger partial charge on any atom is 0.326 e. The smallest absolute Gasteiger partial charge is 0.326 e. The van der Waals surface area contributed by atoms with Crippen molar-refractivity contribution in [2.75, 3.05) is 72.5 Å². The number of carbonyl (C=O) groups excluding carboxylic acids is 4. The standard InChI is InChI=1S/C40H73BN4O12/c41-31-36(47)42-22-18-17-19-34(40(52)53)45-38(49)33-57-30-28-55-26-24-44-37(48)32-56-29-27-54-25-23-43-35(46)20-15-13-11-9-7-5-3-1-2-4-6-8-10-12-14-16-21-39(50)51/h34H,1-33H2,(H,42,47)(H,43,46)(H,44,48)(H,45,49)(H,50,51)(H,52,53)/t34-/m0/s1. The lowest BCUT2D eigenvalue weighted by atomic mass is 10.0. The van der Waals surface area contributed by atoms with Crippen LogP contribution in [-0.4, -0.2) is 132 Å². The molecule has 0 spiro atoms. The number of hydrogen-bond donors (Lipinski definition) is 6. The molecule has 0 heterocycles. The van der Waals surface area contributed by atoms with Gasteiger partial charge in [-0.25, -0.2) is 4.79 Å². The molecule has 0 bridgehead atoms. The van der Waals surface area contributed by atoms with Gasteiger partial charge in [0.25, 0.3) is 0 Å². The van der Waals surface area contributed by atoms with Crippen LogP contribution in [0.25, 0.3) is 0 Å². The molecule has 0 saturated heterocycles. The predicted octanol–water partition coefficient (Wildman–Crippen LogP) is 3.83. The van der Waals surface area contributed by atoms with E-state index in [1.54, 1.807) is 0 Å². The number of carboxylic acid groups (broad SMARTS) is 2. The summed E-state index contributed by atoms with van der Waals surface area (Å²) >= 11 is 0. The number of rotatable bonds is 43. The van der Waals surface area contributed by atoms with E-state index in [1.165, 1.54) is 64.2 Å². The van der Waals surface area contributed by atoms with Crippen molar-refractivity contribution in [3.05, 3.63) is 0 Å². The summed E-state index contributed by atoms with van der Waals surface area (Å²) < 4.78 is 21.3. The quantitative estimate of drug-likeness (QED) is 0.0382. The molecule has 1 atom stereocenters. The van der Waals surface area contributed by atoms with Gasteiger partial charge in [-0.1, -0.05) is 89.9 Å². The van der Waals surface area contributed by atoms with Gasteiger partial charge in [0.1, 0.15) is 19.3 Å². The van der Waals surface area contributed by atoms with E-state index in [2.05, 4.69) is 21.3 Å². The average Bonchev–Trinajstić information content (AvgIpc) is 3.18. The Kier molecular flexibility index (Phi) is 38.6. The van der Waals surface area contributed by atoms with Gasteiger partial charge in [0.2, 0.25) is 23.6 Å². The van der Waals surface area contributed by atoms with Crippen molar-refractivity contribution in [3.8, 4) is 0 Å². The summed E-state index contributed by atoms with van der Waals surface area (Å²) in [6, 6.07) is -1.06. The first-order valence-corrected chi connectivity index (χ1v) is 21.2. The second-order valence-electron chi connectivity index (χ2n) is 14.1. The van der Waals surface area contributed by atoms with E-state index < -0.39 is 23.9 Å². The Hall–Kier alpha value is -3.28. The summed E-state index contributed by atoms with van der Waals surface area (Å²) in [5.41, 5.74) is 0. The van der Waals surface area contributed by atoms with Gasteiger partial charge in [-0.2, -0.15) is 0 Å². The molecule has 0 fully saturated rings. The highest BCUT2D eigenvalue weighted by atomic mass is 16.5. The molecular weight excluding hydrogens is 739 g/mol. The van der Waals surface area contributed by atoms with Gasteiger partial charge in [-0.3, -0.25) is 24.0 Å². The van der Waals surface area contributed by atoms with E-state index in [9.17, 15) is 33.9 Å². The van der Waals surface area contributed by atoms with Crippen molar-refractivity contribution in [2.45, 2.75) is 147 Å². The van der Waals surface area contributed by atoms with E-state index in [4.69, 9.17) is 31.9 Å². The molecule has 0 aliphatic heterocycles. The fraction of sp³-hybridized carbons (Fsp3) is 0.850. The number of hydrogen-bond acceptors (Lipinski definition) is 10. The highest BCUT2D eigenvalue weighted by Crippen LogP contribution is 2.14. The van der Waals surface area contributed by atoms with E-state index in [1.807, 2.05) is 0 Å². The third-order valence-corrected chi connectivity index (χ3v) is 8.95. The highest BCUT2D eigenvalue weighted by molar-refractivity contribution is 6.19. The van der Waals surface area contributed by atoms with E-state index >= 15 is 0 Å². The first-order chi connectivity index (χ1) is 27.6. The molecule has 17 heteroatoms. The molecule has 0 aromatic carbocycles. The number of carbonyl (C=O) groups is 6. The van der Waals surface area contributed by atoms with E-state index in [0.717, 1.165) is 38.5 Å². The molecular formula is C40H73BN4O12. The van der Waals surface area contributed by atoms with Gasteiger partial charge in [0.15, 0.2) is 0 Å². The monoisotopic (exact) mass is 813 g/mol. The molecule has 0 aliphatic rings. The largest absolute Gasteiger partial charge is 0.481 e. The Labute approximate surface area is 341 Å². The Bertz CT molecular complexity index is 1060. The summed E-state index contributed by atoms with van der Waals surface area (Å²) in [4.78, 5) is 68.9. The van der Waals surface area contributed by atoms with Crippen LogP contribution in [0.1, 0.15) is 135 Å². The first kappa shape index (κ1) is 53.7. The van der Waals surface area contributed by atoms with Crippen molar-refractivity contribution in [1.29, 1.82) is 0 Å². The fourth-order valence-corrected chi connectivity index (χ4v) is 5.74. The molecule has 57 heavy (non-hydrogen) atoms. The molecule has 328 valence electrons. The third-order valence-electron chi connectivity index (χ3n) is 8.95. The summed E-state index contributed by atoms with van der Waals surface area (Å²) in [6.07, 6.45) is 20.9. The molecule has 0 rings (SSSR count). The molecule has 2 radical (unpaired) electrons. The lowest BCUT2D eigenvalue weighted by Crippen LogP contribution is -2.42. The summed E-state index contributed by atoms with van der Waals surface area (Å²) in [5, 5.41) is 28.5. The third kappa shape index (κ3) is 40.7. The van der Waals surface area contributed by atoms with Gasteiger partial charge in [0.05, 0.1) is 47.5 Å². The van der Waals surface area contributed by atoms with Crippen LogP contribution in [0, 0.1) is 0 Å². The number of aliphatic carboxylic acids is 2. The van der Waals surface area contributed by atoms with Crippen LogP contribution >= 0.6 is 0 Å². The summed E-state index contributed by atoms with van der Waals surface area (Å²) in [6.45, 7) is 2.06. The number of ether oxygens (including phenoxy) is 4. The van der Waals surface area contributed by atoms with Gasteiger partial charge >= 0.3 is 11.9 Å². The van der Waals surface area contributed by atoms with Gasteiger partial charge < -0.3 is 50.4 Å². The summed E-state index contributed by atoms with van der Waals surface area (Å²) in [5.74, 6) is -2.96. The second kappa shape index (κ2) is 40.9. The second-order valence-corrected chi connectivity index (χ2v) is 14.1. The number of amides is 4. The maximum atomic E-state index is 12.0. The lowest BCUT2D eigenvalue weighted by molar-refractivity contribution is -0.143. The minimum Gasteiger partial charge on any atom is -0.481 e. The number of carboxylic acids is 2. The zero-order chi connectivity index (χ0) is 42.0. The van der Waals surface area contributed by atoms with Crippen molar-refractivity contribution in [3.63, 3.8) is 0 Å².